The van der Waals surface area contributed by atoms with Crippen molar-refractivity contribution in [1.29, 1.82) is 0 Å². The summed E-state index contributed by atoms with van der Waals surface area (Å²) in [4.78, 5) is 62.4. The topological polar surface area (TPSA) is 221 Å². The number of nitrogens with one attached hydrogen (secondary N) is 2. The van der Waals surface area contributed by atoms with Crippen LogP contribution in [0.4, 0.5) is 0 Å². The molecule has 0 aliphatic rings. The third kappa shape index (κ3) is 15.4. The second-order valence-corrected chi connectivity index (χ2v) is 14.2. The molecule has 0 bridgehead atoms. The highest BCUT2D eigenvalue weighted by Crippen LogP contribution is 2.23. The Kier molecular flexibility index (Phi) is 17.5. The summed E-state index contributed by atoms with van der Waals surface area (Å²) in [7, 11) is 0. The van der Waals surface area contributed by atoms with E-state index in [2.05, 4.69) is 20.6 Å². The van der Waals surface area contributed by atoms with Crippen LogP contribution in [0.2, 0.25) is 0 Å². The van der Waals surface area contributed by atoms with E-state index >= 15 is 0 Å². The van der Waals surface area contributed by atoms with Gasteiger partial charge in [0.2, 0.25) is 11.8 Å². The maximum absolute atomic E-state index is 14.2. The third-order valence-corrected chi connectivity index (χ3v) is 9.67. The normalized spacial score (nSPS) is 12.4. The fourth-order valence-corrected chi connectivity index (χ4v) is 6.65. The van der Waals surface area contributed by atoms with E-state index in [1.807, 2.05) is 109 Å². The van der Waals surface area contributed by atoms with Crippen molar-refractivity contribution in [3.8, 4) is 22.3 Å². The van der Waals surface area contributed by atoms with Gasteiger partial charge in [-0.15, -0.1) is 0 Å². The molecule has 0 fully saturated rings. The zero-order valence-electron chi connectivity index (χ0n) is 32.7. The zero-order chi connectivity index (χ0) is 41.0. The SMILES string of the molecule is CC(=O)N[C@@H](Cc1ccc(-c2ccccc2)cc1)C(=O)C[C@@H](CCCN=C(N)N)C(=O)N[C@@H](Cc1ccc(-c2ccccc2)cc1)C(=O)CCCCCN=C(N)N. The average Bonchev–Trinajstić information content (AvgIpc) is 3.20. The number of aliphatic imine (C=N–C) groups is 2. The van der Waals surface area contributed by atoms with Gasteiger partial charge in [-0.25, -0.2) is 0 Å². The highest BCUT2D eigenvalue weighted by molar-refractivity contribution is 5.94. The Bertz CT molecular complexity index is 1940. The second-order valence-electron chi connectivity index (χ2n) is 14.2. The number of Topliss-reactive ketones (excluding diaryl/α,β-unsaturated/α-hetero) is 2. The first-order valence-corrected chi connectivity index (χ1v) is 19.5. The van der Waals surface area contributed by atoms with Crippen LogP contribution in [0.5, 0.6) is 0 Å². The molecular weight excluding hydrogens is 717 g/mol. The van der Waals surface area contributed by atoms with E-state index in [9.17, 15) is 19.2 Å². The van der Waals surface area contributed by atoms with Gasteiger partial charge in [-0.05, 0) is 71.9 Å². The van der Waals surface area contributed by atoms with Crippen molar-refractivity contribution >= 4 is 35.3 Å². The quantitative estimate of drug-likeness (QED) is 0.0348. The van der Waals surface area contributed by atoms with E-state index in [1.54, 1.807) is 0 Å². The zero-order valence-corrected chi connectivity index (χ0v) is 32.7. The molecule has 300 valence electrons. The number of ketones is 2. The fourth-order valence-electron chi connectivity index (χ4n) is 6.65. The lowest BCUT2D eigenvalue weighted by Gasteiger charge is -2.24. The van der Waals surface area contributed by atoms with Crippen molar-refractivity contribution in [2.45, 2.75) is 76.8 Å². The van der Waals surface area contributed by atoms with Crippen LogP contribution in [0.15, 0.2) is 119 Å². The number of carbonyl (C=O) groups excluding carboxylic acids is 4. The van der Waals surface area contributed by atoms with E-state index in [1.165, 1.54) is 6.92 Å². The molecule has 0 heterocycles. The van der Waals surface area contributed by atoms with Crippen molar-refractivity contribution in [3.05, 3.63) is 120 Å². The Morgan fingerprint density at radius 2 is 1.00 bits per heavy atom. The van der Waals surface area contributed by atoms with Gasteiger partial charge >= 0.3 is 0 Å². The smallest absolute Gasteiger partial charge is 0.224 e. The molecule has 0 aromatic heterocycles. The van der Waals surface area contributed by atoms with Gasteiger partial charge in [-0.2, -0.15) is 0 Å². The van der Waals surface area contributed by atoms with E-state index in [-0.39, 0.29) is 68.0 Å². The van der Waals surface area contributed by atoms with Gasteiger partial charge in [0.05, 0.1) is 12.1 Å². The first-order chi connectivity index (χ1) is 27.5. The minimum Gasteiger partial charge on any atom is -0.370 e. The number of benzene rings is 4. The predicted molar refractivity (Wildman–Crippen MR) is 228 cm³/mol. The fraction of sp³-hybridized carbons (Fsp3) is 0.333. The molecule has 4 rings (SSSR count). The van der Waals surface area contributed by atoms with Crippen LogP contribution in [0.3, 0.4) is 0 Å². The Morgan fingerprint density at radius 3 is 1.47 bits per heavy atom. The number of carbonyl (C=O) groups is 4. The van der Waals surface area contributed by atoms with Crippen LogP contribution in [0.25, 0.3) is 22.3 Å². The van der Waals surface area contributed by atoms with E-state index in [0.717, 1.165) is 46.2 Å². The van der Waals surface area contributed by atoms with Crippen molar-refractivity contribution in [2.24, 2.45) is 38.8 Å². The highest BCUT2D eigenvalue weighted by Gasteiger charge is 2.30. The molecule has 57 heavy (non-hydrogen) atoms. The monoisotopic (exact) mass is 772 g/mol. The molecule has 12 heteroatoms. The van der Waals surface area contributed by atoms with Crippen LogP contribution in [0, 0.1) is 5.92 Å². The maximum atomic E-state index is 14.2. The number of amides is 2. The Morgan fingerprint density at radius 1 is 0.544 bits per heavy atom. The molecule has 0 saturated heterocycles. The van der Waals surface area contributed by atoms with E-state index in [0.29, 0.717) is 19.4 Å². The summed E-state index contributed by atoms with van der Waals surface area (Å²) in [6, 6.07) is 34.0. The van der Waals surface area contributed by atoms with Gasteiger partial charge in [-0.3, -0.25) is 29.2 Å². The van der Waals surface area contributed by atoms with Crippen molar-refractivity contribution < 1.29 is 19.2 Å². The molecule has 0 unspecified atom stereocenters. The van der Waals surface area contributed by atoms with Crippen LogP contribution in [-0.4, -0.2) is 60.5 Å². The summed E-state index contributed by atoms with van der Waals surface area (Å²) in [5.74, 6) is -2.03. The molecule has 0 radical (unpaired) electrons. The summed E-state index contributed by atoms with van der Waals surface area (Å²) in [6.45, 7) is 2.10. The van der Waals surface area contributed by atoms with Crippen LogP contribution >= 0.6 is 0 Å². The molecule has 10 N–H and O–H groups in total. The molecule has 4 aromatic carbocycles. The van der Waals surface area contributed by atoms with Crippen LogP contribution in [-0.2, 0) is 32.0 Å². The number of unbranched alkanes of at least 4 members (excludes halogenated alkanes) is 2. The molecule has 3 atom stereocenters. The van der Waals surface area contributed by atoms with Gasteiger partial charge in [0.15, 0.2) is 23.5 Å². The van der Waals surface area contributed by atoms with Gasteiger partial charge in [0, 0.05) is 38.8 Å². The first-order valence-electron chi connectivity index (χ1n) is 19.5. The summed E-state index contributed by atoms with van der Waals surface area (Å²) >= 11 is 0. The predicted octanol–water partition coefficient (Wildman–Crippen LogP) is 4.83. The molecule has 12 nitrogen and oxygen atoms in total. The molecule has 0 spiro atoms. The van der Waals surface area contributed by atoms with E-state index < -0.39 is 23.9 Å². The molecule has 0 aliphatic heterocycles. The molecular formula is C45H56N8O4. The Labute approximate surface area is 335 Å². The van der Waals surface area contributed by atoms with Crippen molar-refractivity contribution in [1.82, 2.24) is 10.6 Å². The molecule has 4 aromatic rings. The largest absolute Gasteiger partial charge is 0.370 e. The standard InChI is InChI=1S/C45H56N8O4/c1-31(54)52-40(29-33-20-24-37(25-21-33)35-14-7-3-8-15-35)42(56)30-38(16-11-27-51-45(48)49)43(57)53-39(41(55)17-9-4-10-26-50-44(46)47)28-32-18-22-36(23-19-32)34-12-5-2-6-13-34/h2-3,5-8,12-15,18-25,38-40H,4,9-11,16-17,26-30H2,1H3,(H,52,54)(H,53,57)(H4,46,47,50)(H4,48,49,51)/t38-,39+,40+/m1/s1. The maximum Gasteiger partial charge on any atom is 0.224 e. The lowest BCUT2D eigenvalue weighted by Crippen LogP contribution is -2.47. The van der Waals surface area contributed by atoms with Crippen LogP contribution < -0.4 is 33.6 Å². The van der Waals surface area contributed by atoms with Gasteiger partial charge < -0.3 is 33.6 Å². The minimum absolute atomic E-state index is 0.0272. The van der Waals surface area contributed by atoms with Gasteiger partial charge in [0.25, 0.3) is 0 Å². The number of guanidine groups is 2. The number of rotatable bonds is 23. The van der Waals surface area contributed by atoms with E-state index in [4.69, 9.17) is 22.9 Å². The lowest BCUT2D eigenvalue weighted by atomic mass is 9.90. The summed E-state index contributed by atoms with van der Waals surface area (Å²) in [5.41, 5.74) is 27.9. The molecule has 0 saturated carbocycles. The molecule has 2 amide bonds. The number of hydrogen-bond acceptors (Lipinski definition) is 6. The molecule has 0 aliphatic carbocycles. The Hall–Kier alpha value is -6.30. The number of nitrogens with two attached hydrogens (primary N) is 4. The van der Waals surface area contributed by atoms with Crippen molar-refractivity contribution in [3.63, 3.8) is 0 Å². The first kappa shape index (κ1) is 43.4. The number of hydrogen-bond donors (Lipinski definition) is 6. The minimum atomic E-state index is -0.863. The number of nitrogens with zero attached hydrogens (tertiary/aromatic N) is 2. The summed E-state index contributed by atoms with van der Waals surface area (Å²) in [6.07, 6.45) is 3.37. The second kappa shape index (κ2) is 22.9. The summed E-state index contributed by atoms with van der Waals surface area (Å²) < 4.78 is 0. The average molecular weight is 773 g/mol. The third-order valence-electron chi connectivity index (χ3n) is 9.67. The Balaban J connectivity index is 1.52. The van der Waals surface area contributed by atoms with Crippen molar-refractivity contribution in [2.75, 3.05) is 13.1 Å². The van der Waals surface area contributed by atoms with Gasteiger partial charge in [0.1, 0.15) is 0 Å². The van der Waals surface area contributed by atoms with Crippen LogP contribution in [0.1, 0.15) is 63.0 Å². The highest BCUT2D eigenvalue weighted by atomic mass is 16.2. The van der Waals surface area contributed by atoms with Gasteiger partial charge in [-0.1, -0.05) is 116 Å². The summed E-state index contributed by atoms with van der Waals surface area (Å²) in [5, 5.41) is 5.82. The lowest BCUT2D eigenvalue weighted by molar-refractivity contribution is -0.133.